The molecule has 0 aliphatic carbocycles. The van der Waals surface area contributed by atoms with Gasteiger partial charge in [0.05, 0.1) is 12.2 Å². The summed E-state index contributed by atoms with van der Waals surface area (Å²) in [5, 5.41) is 25.1. The van der Waals surface area contributed by atoms with Crippen LogP contribution in [0.5, 0.6) is 0 Å². The van der Waals surface area contributed by atoms with E-state index in [1.54, 1.807) is 6.07 Å². The second-order valence-corrected chi connectivity index (χ2v) is 7.29. The first kappa shape index (κ1) is 22.0. The van der Waals surface area contributed by atoms with E-state index in [1.807, 2.05) is 23.1 Å². The molecule has 0 amide bonds. The summed E-state index contributed by atoms with van der Waals surface area (Å²) in [6.07, 6.45) is -3.29. The molecule has 2 aromatic carbocycles. The number of anilines is 4. The molecule has 1 atom stereocenters. The number of aliphatic hydroxyl groups is 2. The van der Waals surface area contributed by atoms with Crippen LogP contribution in [0.2, 0.25) is 0 Å². The van der Waals surface area contributed by atoms with Crippen molar-refractivity contribution in [3.8, 4) is 0 Å². The van der Waals surface area contributed by atoms with Crippen LogP contribution >= 0.6 is 0 Å². The van der Waals surface area contributed by atoms with Gasteiger partial charge < -0.3 is 20.4 Å². The van der Waals surface area contributed by atoms with Gasteiger partial charge in [-0.1, -0.05) is 18.2 Å². The summed E-state index contributed by atoms with van der Waals surface area (Å²) in [5.74, 6) is 0.951. The third-order valence-corrected chi connectivity index (χ3v) is 5.20. The van der Waals surface area contributed by atoms with Gasteiger partial charge in [-0.3, -0.25) is 5.32 Å². The minimum Gasteiger partial charge on any atom is -0.395 e. The molecule has 0 spiro atoms. The average Bonchev–Trinajstić information content (AvgIpc) is 3.21. The molecule has 7 nitrogen and oxygen atoms in total. The van der Waals surface area contributed by atoms with Crippen LogP contribution in [0.4, 0.5) is 36.2 Å². The van der Waals surface area contributed by atoms with E-state index in [-0.39, 0.29) is 18.8 Å². The fourth-order valence-electron chi connectivity index (χ4n) is 3.75. The molecule has 0 fully saturated rings. The normalized spacial score (nSPS) is 14.3. The number of fused-ring (bicyclic) bond motifs is 1. The summed E-state index contributed by atoms with van der Waals surface area (Å²) >= 11 is 0. The summed E-state index contributed by atoms with van der Waals surface area (Å²) in [4.78, 5) is 10.4. The predicted octanol–water partition coefficient (Wildman–Crippen LogP) is 3.51. The Bertz CT molecular complexity index is 1090. The number of halogens is 3. The molecular weight excluding hydrogens is 423 g/mol. The molecule has 4 N–H and O–H groups in total. The Hall–Kier alpha value is -3.21. The summed E-state index contributed by atoms with van der Waals surface area (Å²) in [7, 11) is 0. The summed E-state index contributed by atoms with van der Waals surface area (Å²) in [6, 6.07) is 12.2. The van der Waals surface area contributed by atoms with Crippen molar-refractivity contribution >= 4 is 23.0 Å². The molecule has 0 radical (unpaired) electrons. The summed E-state index contributed by atoms with van der Waals surface area (Å²) in [5.41, 5.74) is 2.11. The van der Waals surface area contributed by atoms with Crippen molar-refractivity contribution in [1.82, 2.24) is 15.3 Å². The Morgan fingerprint density at radius 3 is 2.69 bits per heavy atom. The maximum absolute atomic E-state index is 13.0. The highest BCUT2D eigenvalue weighted by Gasteiger charge is 2.30. The standard InChI is InChI=1S/C22H22F3N5O2/c23-22(24,25)14-3-1-4-15(11-14)29-19-12-20(28-13-27-19)30-9-7-16-17(5-2-6-18(16)30)21(32)26-8-10-31/h1-6,11-13,21,26,31-32H,7-10H2,(H,27,28,29). The number of aromatic nitrogens is 2. The monoisotopic (exact) mass is 445 g/mol. The third kappa shape index (κ3) is 4.67. The quantitative estimate of drug-likeness (QED) is 0.414. The zero-order chi connectivity index (χ0) is 22.7. The SMILES string of the molecule is OCCNC(O)c1cccc2c1CCN2c1cc(Nc2cccc(C(F)(F)F)c2)ncn1. The van der Waals surface area contributed by atoms with Crippen LogP contribution in [-0.2, 0) is 12.6 Å². The van der Waals surface area contributed by atoms with Gasteiger partial charge in [0.1, 0.15) is 24.2 Å². The van der Waals surface area contributed by atoms with Gasteiger partial charge >= 0.3 is 6.18 Å². The minimum absolute atomic E-state index is 0.0825. The lowest BCUT2D eigenvalue weighted by Crippen LogP contribution is -2.24. The zero-order valence-electron chi connectivity index (χ0n) is 17.0. The topological polar surface area (TPSA) is 93.5 Å². The first-order valence-corrected chi connectivity index (χ1v) is 10.0. The number of benzene rings is 2. The van der Waals surface area contributed by atoms with Gasteiger partial charge in [-0.2, -0.15) is 13.2 Å². The molecule has 1 aromatic heterocycles. The van der Waals surface area contributed by atoms with Crippen LogP contribution in [0, 0.1) is 0 Å². The minimum atomic E-state index is -4.43. The first-order valence-electron chi connectivity index (χ1n) is 10.0. The molecule has 1 aliphatic heterocycles. The van der Waals surface area contributed by atoms with Crippen molar-refractivity contribution < 1.29 is 23.4 Å². The van der Waals surface area contributed by atoms with Crippen LogP contribution in [-0.4, -0.2) is 39.9 Å². The van der Waals surface area contributed by atoms with E-state index in [4.69, 9.17) is 5.11 Å². The third-order valence-electron chi connectivity index (χ3n) is 5.20. The van der Waals surface area contributed by atoms with Gasteiger partial charge in [0.25, 0.3) is 0 Å². The Morgan fingerprint density at radius 2 is 1.91 bits per heavy atom. The fraction of sp³-hybridized carbons (Fsp3) is 0.273. The van der Waals surface area contributed by atoms with E-state index < -0.39 is 18.0 Å². The van der Waals surface area contributed by atoms with Crippen LogP contribution in [0.3, 0.4) is 0 Å². The van der Waals surface area contributed by atoms with E-state index >= 15 is 0 Å². The average molecular weight is 445 g/mol. The second kappa shape index (κ2) is 9.11. The number of aliphatic hydroxyl groups excluding tert-OH is 2. The van der Waals surface area contributed by atoms with E-state index in [0.717, 1.165) is 28.9 Å². The number of nitrogens with one attached hydrogen (secondary N) is 2. The van der Waals surface area contributed by atoms with E-state index in [0.29, 0.717) is 24.6 Å². The van der Waals surface area contributed by atoms with Crippen molar-refractivity contribution in [3.63, 3.8) is 0 Å². The van der Waals surface area contributed by atoms with Gasteiger partial charge in [0.2, 0.25) is 0 Å². The Morgan fingerprint density at radius 1 is 1.09 bits per heavy atom. The number of rotatable bonds is 7. The Balaban J connectivity index is 1.57. The predicted molar refractivity (Wildman–Crippen MR) is 114 cm³/mol. The Labute approximate surface area is 182 Å². The van der Waals surface area contributed by atoms with Gasteiger partial charge in [-0.05, 0) is 36.2 Å². The Kier molecular flexibility index (Phi) is 6.26. The lowest BCUT2D eigenvalue weighted by Gasteiger charge is -2.20. The van der Waals surface area contributed by atoms with Crippen molar-refractivity contribution in [2.75, 3.05) is 29.9 Å². The maximum atomic E-state index is 13.0. The molecule has 168 valence electrons. The zero-order valence-corrected chi connectivity index (χ0v) is 17.0. The second-order valence-electron chi connectivity index (χ2n) is 7.29. The number of hydrogen-bond donors (Lipinski definition) is 4. The molecule has 0 saturated heterocycles. The lowest BCUT2D eigenvalue weighted by atomic mass is 10.0. The first-order chi connectivity index (χ1) is 15.4. The summed E-state index contributed by atoms with van der Waals surface area (Å²) < 4.78 is 38.9. The molecule has 32 heavy (non-hydrogen) atoms. The van der Waals surface area contributed by atoms with E-state index in [1.165, 1.54) is 18.5 Å². The van der Waals surface area contributed by atoms with Gasteiger partial charge in [-0.15, -0.1) is 0 Å². The molecule has 2 heterocycles. The van der Waals surface area contributed by atoms with Gasteiger partial charge in [0.15, 0.2) is 0 Å². The molecule has 1 aliphatic rings. The smallest absolute Gasteiger partial charge is 0.395 e. The fourth-order valence-corrected chi connectivity index (χ4v) is 3.75. The molecule has 4 rings (SSSR count). The van der Waals surface area contributed by atoms with E-state index in [2.05, 4.69) is 20.6 Å². The number of hydrogen-bond acceptors (Lipinski definition) is 7. The highest BCUT2D eigenvalue weighted by molar-refractivity contribution is 5.71. The van der Waals surface area contributed by atoms with Crippen molar-refractivity contribution in [1.29, 1.82) is 0 Å². The van der Waals surface area contributed by atoms with Gasteiger partial charge in [0, 0.05) is 36.1 Å². The maximum Gasteiger partial charge on any atom is 0.416 e. The lowest BCUT2D eigenvalue weighted by molar-refractivity contribution is -0.137. The molecular formula is C22H22F3N5O2. The van der Waals surface area contributed by atoms with Gasteiger partial charge in [-0.25, -0.2) is 9.97 Å². The van der Waals surface area contributed by atoms with Crippen LogP contribution in [0.25, 0.3) is 0 Å². The number of alkyl halides is 3. The van der Waals surface area contributed by atoms with Crippen LogP contribution in [0.15, 0.2) is 54.9 Å². The van der Waals surface area contributed by atoms with Crippen molar-refractivity contribution in [2.45, 2.75) is 18.8 Å². The highest BCUT2D eigenvalue weighted by Crippen LogP contribution is 2.37. The molecule has 3 aromatic rings. The van der Waals surface area contributed by atoms with Crippen LogP contribution in [0.1, 0.15) is 22.9 Å². The summed E-state index contributed by atoms with van der Waals surface area (Å²) in [6.45, 7) is 0.810. The van der Waals surface area contributed by atoms with Crippen LogP contribution < -0.4 is 15.5 Å². The molecule has 10 heteroatoms. The highest BCUT2D eigenvalue weighted by atomic mass is 19.4. The largest absolute Gasteiger partial charge is 0.416 e. The number of nitrogens with zero attached hydrogens (tertiary/aromatic N) is 3. The van der Waals surface area contributed by atoms with Crippen molar-refractivity contribution in [3.05, 3.63) is 71.5 Å². The van der Waals surface area contributed by atoms with Crippen molar-refractivity contribution in [2.24, 2.45) is 0 Å². The molecule has 0 bridgehead atoms. The molecule has 0 saturated carbocycles. The van der Waals surface area contributed by atoms with E-state index in [9.17, 15) is 18.3 Å². The molecule has 1 unspecified atom stereocenters.